The van der Waals surface area contributed by atoms with Crippen LogP contribution in [0.2, 0.25) is 0 Å². The third kappa shape index (κ3) is 2.41. The molecule has 3 rings (SSSR count). The number of benzene rings is 1. The molecule has 0 unspecified atom stereocenters. The van der Waals surface area contributed by atoms with E-state index in [0.29, 0.717) is 12.1 Å². The van der Waals surface area contributed by atoms with Gasteiger partial charge >= 0.3 is 0 Å². The van der Waals surface area contributed by atoms with Crippen LogP contribution in [-0.4, -0.2) is 19.0 Å². The highest BCUT2D eigenvalue weighted by atomic mass is 19.1. The van der Waals surface area contributed by atoms with Gasteiger partial charge in [-0.25, -0.2) is 4.39 Å². The van der Waals surface area contributed by atoms with Gasteiger partial charge in [-0.05, 0) is 31.5 Å². The van der Waals surface area contributed by atoms with Gasteiger partial charge in [0.25, 0.3) is 0 Å². The Kier molecular flexibility index (Phi) is 3.11. The molecule has 0 bridgehead atoms. The van der Waals surface area contributed by atoms with Crippen LogP contribution in [0.25, 0.3) is 11.0 Å². The van der Waals surface area contributed by atoms with Crippen molar-refractivity contribution < 1.29 is 8.81 Å². The summed E-state index contributed by atoms with van der Waals surface area (Å²) in [5.41, 5.74) is 1.69. The molecule has 5 heteroatoms. The normalized spacial score (nSPS) is 15.2. The van der Waals surface area contributed by atoms with Gasteiger partial charge in [-0.15, -0.1) is 0 Å². The predicted octanol–water partition coefficient (Wildman–Crippen LogP) is 2.32. The third-order valence-electron chi connectivity index (χ3n) is 3.31. The van der Waals surface area contributed by atoms with Gasteiger partial charge in [0, 0.05) is 24.0 Å². The van der Waals surface area contributed by atoms with E-state index in [1.165, 1.54) is 12.1 Å². The van der Waals surface area contributed by atoms with E-state index in [-0.39, 0.29) is 5.82 Å². The number of hydrogen-bond acceptors (Lipinski definition) is 4. The summed E-state index contributed by atoms with van der Waals surface area (Å²) in [5, 5.41) is 7.22. The zero-order valence-corrected chi connectivity index (χ0v) is 10.8. The Morgan fingerprint density at radius 3 is 3.16 bits per heavy atom. The molecule has 0 radical (unpaired) electrons. The predicted molar refractivity (Wildman–Crippen MR) is 72.7 cm³/mol. The highest BCUT2D eigenvalue weighted by molar-refractivity contribution is 5.83. The van der Waals surface area contributed by atoms with Gasteiger partial charge in [-0.1, -0.05) is 0 Å². The van der Waals surface area contributed by atoms with E-state index in [1.54, 1.807) is 6.07 Å². The number of aliphatic imine (C=N–C) groups is 1. The number of aryl methyl sites for hydroxylation is 1. The van der Waals surface area contributed by atoms with Crippen LogP contribution in [0.15, 0.2) is 27.6 Å². The van der Waals surface area contributed by atoms with Crippen LogP contribution in [0.4, 0.5) is 4.39 Å². The Hall–Kier alpha value is -2.04. The maximum absolute atomic E-state index is 13.2. The zero-order chi connectivity index (χ0) is 13.2. The molecule has 0 saturated carbocycles. The molecule has 0 aliphatic carbocycles. The van der Waals surface area contributed by atoms with Gasteiger partial charge < -0.3 is 15.1 Å². The average Bonchev–Trinajstić information content (AvgIpc) is 2.74. The van der Waals surface area contributed by atoms with Gasteiger partial charge in [0.2, 0.25) is 0 Å². The van der Waals surface area contributed by atoms with E-state index < -0.39 is 0 Å². The molecule has 2 N–H and O–H groups in total. The lowest BCUT2D eigenvalue weighted by Gasteiger charge is -2.15. The number of halogens is 1. The molecule has 0 amide bonds. The second-order valence-corrected chi connectivity index (χ2v) is 4.65. The van der Waals surface area contributed by atoms with Crippen LogP contribution in [0, 0.1) is 12.7 Å². The smallest absolute Gasteiger partial charge is 0.191 e. The summed E-state index contributed by atoms with van der Waals surface area (Å²) in [5.74, 6) is 1.38. The number of guanidine groups is 1. The Balaban J connectivity index is 1.81. The summed E-state index contributed by atoms with van der Waals surface area (Å²) in [6, 6.07) is 4.58. The molecule has 1 aromatic carbocycles. The molecule has 1 aliphatic heterocycles. The lowest BCUT2D eigenvalue weighted by atomic mass is 10.1. The molecule has 4 nitrogen and oxygen atoms in total. The monoisotopic (exact) mass is 261 g/mol. The summed E-state index contributed by atoms with van der Waals surface area (Å²) in [6.07, 6.45) is 1.06. The van der Waals surface area contributed by atoms with Gasteiger partial charge in [0.15, 0.2) is 5.96 Å². The second-order valence-electron chi connectivity index (χ2n) is 4.65. The minimum Gasteiger partial charge on any atom is -0.459 e. The molecule has 0 saturated heterocycles. The largest absolute Gasteiger partial charge is 0.459 e. The van der Waals surface area contributed by atoms with Crippen LogP contribution in [-0.2, 0) is 6.54 Å². The fourth-order valence-electron chi connectivity index (χ4n) is 2.23. The molecule has 1 aliphatic rings. The lowest BCUT2D eigenvalue weighted by Crippen LogP contribution is -2.40. The molecular formula is C14H16FN3O. The van der Waals surface area contributed by atoms with Crippen LogP contribution < -0.4 is 10.6 Å². The molecule has 1 aromatic heterocycles. The van der Waals surface area contributed by atoms with Crippen molar-refractivity contribution in [2.75, 3.05) is 13.1 Å². The van der Waals surface area contributed by atoms with Crippen molar-refractivity contribution in [3.8, 4) is 0 Å². The van der Waals surface area contributed by atoms with E-state index in [0.717, 1.165) is 42.2 Å². The van der Waals surface area contributed by atoms with Crippen LogP contribution in [0.1, 0.15) is 17.7 Å². The molecule has 0 fully saturated rings. The van der Waals surface area contributed by atoms with Crippen molar-refractivity contribution in [2.24, 2.45) is 4.99 Å². The standard InChI is InChI=1S/C14H16FN3O/c1-9-11-7-10(15)3-4-12(11)19-13(9)8-18-14-16-5-2-6-17-14/h3-4,7H,2,5-6,8H2,1H3,(H2,16,17,18). The van der Waals surface area contributed by atoms with Crippen LogP contribution >= 0.6 is 0 Å². The minimum atomic E-state index is -0.241. The van der Waals surface area contributed by atoms with E-state index in [9.17, 15) is 4.39 Å². The van der Waals surface area contributed by atoms with Crippen molar-refractivity contribution >= 4 is 16.9 Å². The van der Waals surface area contributed by atoms with Crippen LogP contribution in [0.5, 0.6) is 0 Å². The van der Waals surface area contributed by atoms with E-state index in [2.05, 4.69) is 15.6 Å². The molecular weight excluding hydrogens is 245 g/mol. The van der Waals surface area contributed by atoms with E-state index in [1.807, 2.05) is 6.92 Å². The summed E-state index contributed by atoms with van der Waals surface area (Å²) in [7, 11) is 0. The Bertz CT molecular complexity index is 633. The summed E-state index contributed by atoms with van der Waals surface area (Å²) >= 11 is 0. The number of rotatable bonds is 2. The molecule has 100 valence electrons. The summed E-state index contributed by atoms with van der Waals surface area (Å²) in [4.78, 5) is 4.33. The third-order valence-corrected chi connectivity index (χ3v) is 3.31. The maximum atomic E-state index is 13.2. The SMILES string of the molecule is Cc1c(CNC2=NCCCN2)oc2ccc(F)cc12. The average molecular weight is 261 g/mol. The first-order chi connectivity index (χ1) is 9.24. The maximum Gasteiger partial charge on any atom is 0.191 e. The second kappa shape index (κ2) is 4.91. The molecule has 2 heterocycles. The first-order valence-corrected chi connectivity index (χ1v) is 6.44. The number of nitrogens with one attached hydrogen (secondary N) is 2. The van der Waals surface area contributed by atoms with Crippen molar-refractivity contribution in [3.63, 3.8) is 0 Å². The van der Waals surface area contributed by atoms with E-state index in [4.69, 9.17) is 4.42 Å². The fraction of sp³-hybridized carbons (Fsp3) is 0.357. The van der Waals surface area contributed by atoms with Crippen molar-refractivity contribution in [1.82, 2.24) is 10.6 Å². The lowest BCUT2D eigenvalue weighted by molar-refractivity contribution is 0.532. The Morgan fingerprint density at radius 2 is 2.37 bits per heavy atom. The van der Waals surface area contributed by atoms with Crippen LogP contribution in [0.3, 0.4) is 0 Å². The first kappa shape index (κ1) is 12.0. The van der Waals surface area contributed by atoms with Gasteiger partial charge in [-0.3, -0.25) is 4.99 Å². The zero-order valence-electron chi connectivity index (χ0n) is 10.8. The molecule has 2 aromatic rings. The number of fused-ring (bicyclic) bond motifs is 1. The van der Waals surface area contributed by atoms with Crippen molar-refractivity contribution in [1.29, 1.82) is 0 Å². The minimum absolute atomic E-state index is 0.241. The topological polar surface area (TPSA) is 49.6 Å². The molecule has 19 heavy (non-hydrogen) atoms. The van der Waals surface area contributed by atoms with Crippen molar-refractivity contribution in [3.05, 3.63) is 35.3 Å². The number of nitrogens with zero attached hydrogens (tertiary/aromatic N) is 1. The van der Waals surface area contributed by atoms with Gasteiger partial charge in [0.1, 0.15) is 17.2 Å². The van der Waals surface area contributed by atoms with Gasteiger partial charge in [-0.2, -0.15) is 0 Å². The quantitative estimate of drug-likeness (QED) is 0.872. The number of hydrogen-bond donors (Lipinski definition) is 2. The summed E-state index contributed by atoms with van der Waals surface area (Å²) in [6.45, 7) is 4.28. The Labute approximate surface area is 110 Å². The first-order valence-electron chi connectivity index (χ1n) is 6.44. The highest BCUT2D eigenvalue weighted by Crippen LogP contribution is 2.25. The number of furan rings is 1. The van der Waals surface area contributed by atoms with Crippen molar-refractivity contribution in [2.45, 2.75) is 19.9 Å². The van der Waals surface area contributed by atoms with E-state index >= 15 is 0 Å². The summed E-state index contributed by atoms with van der Waals surface area (Å²) < 4.78 is 18.9. The molecule has 0 spiro atoms. The Morgan fingerprint density at radius 1 is 1.47 bits per heavy atom. The highest BCUT2D eigenvalue weighted by Gasteiger charge is 2.12. The fourth-order valence-corrected chi connectivity index (χ4v) is 2.23. The molecule has 0 atom stereocenters. The van der Waals surface area contributed by atoms with Gasteiger partial charge in [0.05, 0.1) is 6.54 Å².